The second kappa shape index (κ2) is 9.78. The molecule has 3 nitrogen and oxygen atoms in total. The maximum atomic E-state index is 11.4. The zero-order valence-corrected chi connectivity index (χ0v) is 13.9. The number of ether oxygens (including phenoxy) is 2. The van der Waals surface area contributed by atoms with E-state index in [0.717, 1.165) is 32.1 Å². The van der Waals surface area contributed by atoms with E-state index in [-0.39, 0.29) is 18.2 Å². The van der Waals surface area contributed by atoms with Crippen LogP contribution in [0.4, 0.5) is 0 Å². The predicted molar refractivity (Wildman–Crippen MR) is 86.0 cm³/mol. The van der Waals surface area contributed by atoms with Crippen molar-refractivity contribution in [1.29, 1.82) is 0 Å². The van der Waals surface area contributed by atoms with E-state index in [4.69, 9.17) is 9.47 Å². The van der Waals surface area contributed by atoms with Crippen LogP contribution in [0.2, 0.25) is 0 Å². The molecule has 0 aromatic heterocycles. The predicted octanol–water partition coefficient (Wildman–Crippen LogP) is 4.28. The van der Waals surface area contributed by atoms with Crippen LogP contribution >= 0.6 is 0 Å². The molecule has 0 unspecified atom stereocenters. The lowest BCUT2D eigenvalue weighted by Gasteiger charge is -2.28. The minimum Gasteiger partial charge on any atom is -0.459 e. The van der Waals surface area contributed by atoms with Crippen LogP contribution in [0, 0.1) is 11.8 Å². The quantitative estimate of drug-likeness (QED) is 0.470. The second-order valence-corrected chi connectivity index (χ2v) is 5.89. The molecule has 21 heavy (non-hydrogen) atoms. The summed E-state index contributed by atoms with van der Waals surface area (Å²) in [6.45, 7) is 6.41. The molecule has 1 rings (SSSR count). The Labute approximate surface area is 129 Å². The van der Waals surface area contributed by atoms with E-state index in [1.807, 2.05) is 13.0 Å². The third-order valence-corrected chi connectivity index (χ3v) is 4.35. The Morgan fingerprint density at radius 1 is 1.48 bits per heavy atom. The first-order valence-electron chi connectivity index (χ1n) is 8.15. The van der Waals surface area contributed by atoms with Gasteiger partial charge >= 0.3 is 5.97 Å². The molecule has 0 aromatic carbocycles. The number of carbonyl (C=O) groups is 1. The molecule has 0 aliphatic carbocycles. The molecule has 120 valence electrons. The lowest BCUT2D eigenvalue weighted by molar-refractivity contribution is -0.147. The average molecular weight is 294 g/mol. The zero-order chi connectivity index (χ0) is 15.7. The summed E-state index contributed by atoms with van der Waals surface area (Å²) in [5, 5.41) is 0. The van der Waals surface area contributed by atoms with Gasteiger partial charge < -0.3 is 9.47 Å². The summed E-state index contributed by atoms with van der Waals surface area (Å²) in [5.74, 6) is 0.681. The fourth-order valence-electron chi connectivity index (χ4n) is 2.93. The Kier molecular flexibility index (Phi) is 8.36. The molecule has 1 heterocycles. The molecule has 0 fully saturated rings. The molecule has 1 aliphatic heterocycles. The summed E-state index contributed by atoms with van der Waals surface area (Å²) < 4.78 is 11.1. The number of hydrogen-bond acceptors (Lipinski definition) is 3. The van der Waals surface area contributed by atoms with Gasteiger partial charge in [0.15, 0.2) is 0 Å². The first kappa shape index (κ1) is 18.0. The van der Waals surface area contributed by atoms with E-state index >= 15 is 0 Å². The van der Waals surface area contributed by atoms with Gasteiger partial charge in [-0.25, -0.2) is 4.79 Å². The monoisotopic (exact) mass is 294 g/mol. The van der Waals surface area contributed by atoms with Gasteiger partial charge in [0, 0.05) is 19.1 Å². The van der Waals surface area contributed by atoms with Crippen LogP contribution in [0.5, 0.6) is 0 Å². The largest absolute Gasteiger partial charge is 0.459 e. The summed E-state index contributed by atoms with van der Waals surface area (Å²) >= 11 is 0. The fourth-order valence-corrected chi connectivity index (χ4v) is 2.93. The highest BCUT2D eigenvalue weighted by atomic mass is 16.5. The van der Waals surface area contributed by atoms with Crippen molar-refractivity contribution in [3.63, 3.8) is 0 Å². The highest BCUT2D eigenvalue weighted by Gasteiger charge is 2.25. The molecule has 0 amide bonds. The van der Waals surface area contributed by atoms with Crippen LogP contribution in [-0.2, 0) is 14.3 Å². The van der Waals surface area contributed by atoms with Gasteiger partial charge in [0.2, 0.25) is 0 Å². The molecule has 0 saturated carbocycles. The van der Waals surface area contributed by atoms with Crippen molar-refractivity contribution >= 4 is 5.97 Å². The number of carbonyl (C=O) groups excluding carboxylic acids is 1. The van der Waals surface area contributed by atoms with Gasteiger partial charge in [-0.1, -0.05) is 32.1 Å². The number of methoxy groups -OCH3 is 1. The summed E-state index contributed by atoms with van der Waals surface area (Å²) in [5.41, 5.74) is 0. The van der Waals surface area contributed by atoms with E-state index < -0.39 is 0 Å². The van der Waals surface area contributed by atoms with Crippen LogP contribution in [0.15, 0.2) is 24.3 Å². The Morgan fingerprint density at radius 2 is 2.24 bits per heavy atom. The minimum atomic E-state index is -0.200. The third-order valence-electron chi connectivity index (χ3n) is 4.35. The highest BCUT2D eigenvalue weighted by Crippen LogP contribution is 2.25. The second-order valence-electron chi connectivity index (χ2n) is 5.89. The number of allylic oxidation sites excluding steroid dienone is 2. The van der Waals surface area contributed by atoms with Gasteiger partial charge in [0.05, 0.1) is 6.10 Å². The van der Waals surface area contributed by atoms with Gasteiger partial charge in [-0.15, -0.1) is 0 Å². The van der Waals surface area contributed by atoms with Gasteiger partial charge in [0.25, 0.3) is 0 Å². The lowest BCUT2D eigenvalue weighted by Crippen LogP contribution is -2.29. The van der Waals surface area contributed by atoms with Crippen LogP contribution in [-0.4, -0.2) is 25.3 Å². The third kappa shape index (κ3) is 6.04. The molecule has 0 radical (unpaired) electrons. The Bertz CT molecular complexity index is 359. The molecule has 0 N–H and O–H groups in total. The van der Waals surface area contributed by atoms with E-state index in [1.165, 1.54) is 0 Å². The van der Waals surface area contributed by atoms with Gasteiger partial charge in [0.1, 0.15) is 6.10 Å². The Hall–Kier alpha value is -1.09. The fraction of sp³-hybridized carbons (Fsp3) is 0.722. The molecule has 1 aliphatic rings. The first-order chi connectivity index (χ1) is 10.1. The maximum absolute atomic E-state index is 11.4. The molecular weight excluding hydrogens is 264 g/mol. The molecule has 0 bridgehead atoms. The Balaban J connectivity index is 2.39. The first-order valence-corrected chi connectivity index (χ1v) is 8.15. The minimum absolute atomic E-state index is 0.0378. The maximum Gasteiger partial charge on any atom is 0.330 e. The summed E-state index contributed by atoms with van der Waals surface area (Å²) in [4.78, 5) is 11.4. The van der Waals surface area contributed by atoms with Crippen molar-refractivity contribution in [3.05, 3.63) is 24.3 Å². The summed E-state index contributed by atoms with van der Waals surface area (Å²) in [7, 11) is 1.79. The lowest BCUT2D eigenvalue weighted by atomic mass is 9.90. The van der Waals surface area contributed by atoms with Crippen LogP contribution < -0.4 is 0 Å². The van der Waals surface area contributed by atoms with Crippen LogP contribution in [0.25, 0.3) is 0 Å². The van der Waals surface area contributed by atoms with Crippen molar-refractivity contribution in [1.82, 2.24) is 0 Å². The van der Waals surface area contributed by atoms with E-state index in [2.05, 4.69) is 26.0 Å². The standard InChI is InChI=1S/C18H30O3/c1-5-7-9-14(3)16(20-4)10-8-11-17-15(6-2)12-13-18(19)21-17/h5,7,12-17H,6,8-11H2,1-4H3/b7-5+/t14-,15+,16-,17+/m0/s1. The van der Waals surface area contributed by atoms with Crippen molar-refractivity contribution in [2.24, 2.45) is 11.8 Å². The SMILES string of the molecule is C/C=C/C[C@H](C)[C@H](CCC[C@H]1OC(=O)C=C[C@H]1CC)OC. The average Bonchev–Trinajstić information content (AvgIpc) is 2.49. The van der Waals surface area contributed by atoms with E-state index in [0.29, 0.717) is 11.8 Å². The number of hydrogen-bond donors (Lipinski definition) is 0. The van der Waals surface area contributed by atoms with Gasteiger partial charge in [-0.05, 0) is 44.9 Å². The molecule has 0 saturated heterocycles. The Morgan fingerprint density at radius 3 is 2.86 bits per heavy atom. The normalized spacial score (nSPS) is 25.0. The number of esters is 1. The van der Waals surface area contributed by atoms with Crippen molar-refractivity contribution in [2.75, 3.05) is 7.11 Å². The molecule has 0 spiro atoms. The molecular formula is C18H30O3. The highest BCUT2D eigenvalue weighted by molar-refractivity contribution is 5.82. The van der Waals surface area contributed by atoms with E-state index in [9.17, 15) is 4.79 Å². The van der Waals surface area contributed by atoms with Crippen molar-refractivity contribution < 1.29 is 14.3 Å². The topological polar surface area (TPSA) is 35.5 Å². The molecule has 3 heteroatoms. The molecule has 0 aromatic rings. The van der Waals surface area contributed by atoms with Gasteiger partial charge in [-0.2, -0.15) is 0 Å². The van der Waals surface area contributed by atoms with Crippen molar-refractivity contribution in [3.8, 4) is 0 Å². The van der Waals surface area contributed by atoms with Gasteiger partial charge in [-0.3, -0.25) is 0 Å². The van der Waals surface area contributed by atoms with Crippen LogP contribution in [0.1, 0.15) is 52.9 Å². The smallest absolute Gasteiger partial charge is 0.330 e. The number of cyclic esters (lactones) is 1. The van der Waals surface area contributed by atoms with Crippen LogP contribution in [0.3, 0.4) is 0 Å². The van der Waals surface area contributed by atoms with Crippen molar-refractivity contribution in [2.45, 2.75) is 65.1 Å². The van der Waals surface area contributed by atoms with E-state index in [1.54, 1.807) is 13.2 Å². The molecule has 4 atom stereocenters. The zero-order valence-electron chi connectivity index (χ0n) is 13.9. The number of rotatable bonds is 9. The summed E-state index contributed by atoms with van der Waals surface area (Å²) in [6.07, 6.45) is 13.2. The summed E-state index contributed by atoms with van der Waals surface area (Å²) in [6, 6.07) is 0.